The summed E-state index contributed by atoms with van der Waals surface area (Å²) in [6.45, 7) is 7.49. The summed E-state index contributed by atoms with van der Waals surface area (Å²) in [5.74, 6) is 0.159. The van der Waals surface area contributed by atoms with Crippen LogP contribution < -0.4 is 0 Å². The number of hydrogen-bond donors (Lipinski definition) is 1. The Morgan fingerprint density at radius 1 is 1.35 bits per heavy atom. The molecule has 0 heterocycles. The first-order valence-electron chi connectivity index (χ1n) is 7.02. The maximum Gasteiger partial charge on any atom is 0.304 e. The summed E-state index contributed by atoms with van der Waals surface area (Å²) in [5, 5.41) is 8.90. The zero-order chi connectivity index (χ0) is 12.8. The molecule has 17 heavy (non-hydrogen) atoms. The molecule has 3 atom stereocenters. The highest BCUT2D eigenvalue weighted by Crippen LogP contribution is 2.27. The summed E-state index contributed by atoms with van der Waals surface area (Å²) in [7, 11) is 0. The third kappa shape index (κ3) is 4.66. The van der Waals surface area contributed by atoms with Crippen molar-refractivity contribution in [2.75, 3.05) is 6.54 Å². The molecule has 1 saturated carbocycles. The second-order valence-corrected chi connectivity index (χ2v) is 5.54. The van der Waals surface area contributed by atoms with Gasteiger partial charge in [0.2, 0.25) is 0 Å². The molecule has 1 aliphatic carbocycles. The molecule has 1 N–H and O–H groups in total. The normalized spacial score (nSPS) is 27.8. The van der Waals surface area contributed by atoms with E-state index in [0.717, 1.165) is 12.5 Å². The van der Waals surface area contributed by atoms with Crippen LogP contribution >= 0.6 is 0 Å². The van der Waals surface area contributed by atoms with E-state index in [4.69, 9.17) is 5.11 Å². The highest BCUT2D eigenvalue weighted by molar-refractivity contribution is 5.67. The Morgan fingerprint density at radius 3 is 2.65 bits per heavy atom. The fourth-order valence-corrected chi connectivity index (χ4v) is 3.10. The third-order valence-corrected chi connectivity index (χ3v) is 4.10. The molecule has 1 rings (SSSR count). The lowest BCUT2D eigenvalue weighted by Crippen LogP contribution is -2.42. The predicted molar refractivity (Wildman–Crippen MR) is 70.1 cm³/mol. The average Bonchev–Trinajstić information content (AvgIpc) is 2.44. The second-order valence-electron chi connectivity index (χ2n) is 5.54. The van der Waals surface area contributed by atoms with Crippen LogP contribution in [0.2, 0.25) is 0 Å². The van der Waals surface area contributed by atoms with Gasteiger partial charge in [-0.05, 0) is 38.6 Å². The maximum absolute atomic E-state index is 10.8. The zero-order valence-electron chi connectivity index (χ0n) is 11.5. The quantitative estimate of drug-likeness (QED) is 0.752. The van der Waals surface area contributed by atoms with E-state index in [2.05, 4.69) is 18.7 Å². The van der Waals surface area contributed by atoms with Crippen molar-refractivity contribution >= 4 is 5.97 Å². The molecule has 100 valence electrons. The van der Waals surface area contributed by atoms with Crippen molar-refractivity contribution in [1.82, 2.24) is 4.90 Å². The van der Waals surface area contributed by atoms with Crippen LogP contribution in [0.15, 0.2) is 0 Å². The van der Waals surface area contributed by atoms with Gasteiger partial charge in [-0.15, -0.1) is 0 Å². The van der Waals surface area contributed by atoms with E-state index in [1.807, 2.05) is 6.92 Å². The van der Waals surface area contributed by atoms with Crippen LogP contribution in [0.3, 0.4) is 0 Å². The third-order valence-electron chi connectivity index (χ3n) is 4.10. The standard InChI is InChI=1S/C14H27NO2/c1-4-15(12(3)10-14(16)17)13-7-5-6-11(2)8-9-13/h11-13H,4-10H2,1-3H3,(H,16,17). The highest BCUT2D eigenvalue weighted by atomic mass is 16.4. The molecule has 1 aliphatic rings. The zero-order valence-corrected chi connectivity index (χ0v) is 11.5. The molecular formula is C14H27NO2. The first kappa shape index (κ1) is 14.5. The molecule has 0 aromatic carbocycles. The number of rotatable bonds is 5. The molecule has 0 radical (unpaired) electrons. The largest absolute Gasteiger partial charge is 0.481 e. The number of aliphatic carboxylic acids is 1. The molecule has 0 aliphatic heterocycles. The first-order valence-corrected chi connectivity index (χ1v) is 7.02. The van der Waals surface area contributed by atoms with Crippen LogP contribution in [0.1, 0.15) is 59.3 Å². The Kier molecular flexibility index (Phi) is 5.96. The van der Waals surface area contributed by atoms with Gasteiger partial charge in [0.1, 0.15) is 0 Å². The number of nitrogens with zero attached hydrogens (tertiary/aromatic N) is 1. The molecule has 0 aromatic heterocycles. The molecule has 3 unspecified atom stereocenters. The first-order chi connectivity index (χ1) is 8.04. The average molecular weight is 241 g/mol. The number of hydrogen-bond acceptors (Lipinski definition) is 2. The fourth-order valence-electron chi connectivity index (χ4n) is 3.10. The number of carbonyl (C=O) groups is 1. The topological polar surface area (TPSA) is 40.5 Å². The SMILES string of the molecule is CCN(C(C)CC(=O)O)C1CCCC(C)CC1. The van der Waals surface area contributed by atoms with Crippen molar-refractivity contribution in [2.24, 2.45) is 5.92 Å². The van der Waals surface area contributed by atoms with Crippen LogP contribution in [-0.2, 0) is 4.79 Å². The van der Waals surface area contributed by atoms with Crippen molar-refractivity contribution in [2.45, 2.75) is 71.4 Å². The summed E-state index contributed by atoms with van der Waals surface area (Å²) in [4.78, 5) is 13.2. The van der Waals surface area contributed by atoms with Gasteiger partial charge >= 0.3 is 5.97 Å². The van der Waals surface area contributed by atoms with E-state index in [1.54, 1.807) is 0 Å². The highest BCUT2D eigenvalue weighted by Gasteiger charge is 2.25. The van der Waals surface area contributed by atoms with Crippen molar-refractivity contribution in [3.05, 3.63) is 0 Å². The summed E-state index contributed by atoms with van der Waals surface area (Å²) >= 11 is 0. The summed E-state index contributed by atoms with van der Waals surface area (Å²) in [6, 6.07) is 0.759. The number of carboxylic acids is 1. The van der Waals surface area contributed by atoms with Gasteiger partial charge in [-0.3, -0.25) is 9.69 Å². The monoisotopic (exact) mass is 241 g/mol. The molecule has 0 amide bonds. The van der Waals surface area contributed by atoms with E-state index in [1.165, 1.54) is 32.1 Å². The lowest BCUT2D eigenvalue weighted by atomic mass is 10.0. The molecule has 1 fully saturated rings. The van der Waals surface area contributed by atoms with Crippen molar-refractivity contribution in [3.63, 3.8) is 0 Å². The Bertz CT molecular complexity index is 242. The van der Waals surface area contributed by atoms with Crippen molar-refractivity contribution < 1.29 is 9.90 Å². The fraction of sp³-hybridized carbons (Fsp3) is 0.929. The number of carboxylic acid groups (broad SMARTS) is 1. The molecule has 0 aromatic rings. The van der Waals surface area contributed by atoms with Gasteiger partial charge in [0.15, 0.2) is 0 Å². The molecule has 0 saturated heterocycles. The van der Waals surface area contributed by atoms with Crippen molar-refractivity contribution in [1.29, 1.82) is 0 Å². The van der Waals surface area contributed by atoms with Crippen LogP contribution in [0.25, 0.3) is 0 Å². The molecule has 3 nitrogen and oxygen atoms in total. The summed E-state index contributed by atoms with van der Waals surface area (Å²) < 4.78 is 0. The Hall–Kier alpha value is -0.570. The Labute approximate surface area is 105 Å². The van der Waals surface area contributed by atoms with E-state index < -0.39 is 5.97 Å². The molecular weight excluding hydrogens is 214 g/mol. The lowest BCUT2D eigenvalue weighted by molar-refractivity contribution is -0.138. The van der Waals surface area contributed by atoms with Gasteiger partial charge in [0, 0.05) is 12.1 Å². The van der Waals surface area contributed by atoms with Gasteiger partial charge in [-0.2, -0.15) is 0 Å². The smallest absolute Gasteiger partial charge is 0.304 e. The van der Waals surface area contributed by atoms with Crippen LogP contribution in [-0.4, -0.2) is 34.6 Å². The van der Waals surface area contributed by atoms with Crippen LogP contribution in [0.5, 0.6) is 0 Å². The van der Waals surface area contributed by atoms with E-state index in [9.17, 15) is 4.79 Å². The molecule has 0 bridgehead atoms. The van der Waals surface area contributed by atoms with Gasteiger partial charge in [-0.25, -0.2) is 0 Å². The Morgan fingerprint density at radius 2 is 2.06 bits per heavy atom. The maximum atomic E-state index is 10.8. The van der Waals surface area contributed by atoms with E-state index >= 15 is 0 Å². The minimum atomic E-state index is -0.682. The van der Waals surface area contributed by atoms with Gasteiger partial charge in [0.25, 0.3) is 0 Å². The lowest BCUT2D eigenvalue weighted by Gasteiger charge is -2.34. The minimum absolute atomic E-state index is 0.163. The van der Waals surface area contributed by atoms with E-state index in [-0.39, 0.29) is 12.5 Å². The molecule has 0 spiro atoms. The van der Waals surface area contributed by atoms with E-state index in [0.29, 0.717) is 6.04 Å². The van der Waals surface area contributed by atoms with Crippen molar-refractivity contribution in [3.8, 4) is 0 Å². The minimum Gasteiger partial charge on any atom is -0.481 e. The summed E-state index contributed by atoms with van der Waals surface area (Å²) in [6.07, 6.45) is 6.66. The summed E-state index contributed by atoms with van der Waals surface area (Å²) in [5.41, 5.74) is 0. The molecule has 3 heteroatoms. The predicted octanol–water partition coefficient (Wildman–Crippen LogP) is 3.14. The Balaban J connectivity index is 2.56. The van der Waals surface area contributed by atoms with Crippen LogP contribution in [0, 0.1) is 5.92 Å². The van der Waals surface area contributed by atoms with Gasteiger partial charge < -0.3 is 5.11 Å². The van der Waals surface area contributed by atoms with Crippen LogP contribution in [0.4, 0.5) is 0 Å². The van der Waals surface area contributed by atoms with Gasteiger partial charge in [-0.1, -0.05) is 26.7 Å². The second kappa shape index (κ2) is 7.00. The van der Waals surface area contributed by atoms with Gasteiger partial charge in [0.05, 0.1) is 6.42 Å².